The second-order valence-electron chi connectivity index (χ2n) is 6.73. The maximum Gasteiger partial charge on any atom is 0.407 e. The van der Waals surface area contributed by atoms with Gasteiger partial charge in [-0.15, -0.1) is 0 Å². The lowest BCUT2D eigenvalue weighted by atomic mass is 10.0. The van der Waals surface area contributed by atoms with Gasteiger partial charge in [0.1, 0.15) is 5.60 Å². The largest absolute Gasteiger partial charge is 0.481 e. The molecular weight excluding hydrogens is 286 g/mol. The summed E-state index contributed by atoms with van der Waals surface area (Å²) in [6.45, 7) is 11.0. The standard InChI is InChI=1S/C16H31NO5/c1-6-12(2)10-21-11-13(9-14(18)19)7-8-17-15(20)22-16(3,4)5/h12-13H,6-11H2,1-5H3,(H,17,20)(H,18,19)/t12-,13+/m0/s1. The molecule has 0 rings (SSSR count). The third-order valence-electron chi connectivity index (χ3n) is 3.14. The number of carboxylic acid groups (broad SMARTS) is 1. The number of alkyl carbamates (subject to hydrolysis) is 1. The van der Waals surface area contributed by atoms with E-state index in [0.717, 1.165) is 6.42 Å². The van der Waals surface area contributed by atoms with E-state index in [9.17, 15) is 9.59 Å². The average molecular weight is 317 g/mol. The van der Waals surface area contributed by atoms with Gasteiger partial charge in [0, 0.05) is 13.2 Å². The molecule has 0 aromatic carbocycles. The first-order valence-electron chi connectivity index (χ1n) is 7.90. The van der Waals surface area contributed by atoms with E-state index in [1.165, 1.54) is 0 Å². The van der Waals surface area contributed by atoms with Crippen LogP contribution in [-0.2, 0) is 14.3 Å². The van der Waals surface area contributed by atoms with Gasteiger partial charge in [0.2, 0.25) is 0 Å². The highest BCUT2D eigenvalue weighted by Gasteiger charge is 2.18. The summed E-state index contributed by atoms with van der Waals surface area (Å²) in [7, 11) is 0. The maximum atomic E-state index is 11.5. The molecule has 0 unspecified atom stereocenters. The molecule has 22 heavy (non-hydrogen) atoms. The van der Waals surface area contributed by atoms with Gasteiger partial charge in [-0.05, 0) is 39.0 Å². The fraction of sp³-hybridized carbons (Fsp3) is 0.875. The first kappa shape index (κ1) is 20.7. The molecule has 0 radical (unpaired) electrons. The van der Waals surface area contributed by atoms with Crippen LogP contribution < -0.4 is 5.32 Å². The number of carboxylic acids is 1. The molecule has 0 spiro atoms. The van der Waals surface area contributed by atoms with Crippen molar-refractivity contribution in [1.82, 2.24) is 5.32 Å². The molecule has 1 amide bonds. The van der Waals surface area contributed by atoms with Crippen molar-refractivity contribution in [3.8, 4) is 0 Å². The number of aliphatic carboxylic acids is 1. The van der Waals surface area contributed by atoms with E-state index in [1.54, 1.807) is 20.8 Å². The molecule has 0 aliphatic heterocycles. The van der Waals surface area contributed by atoms with Gasteiger partial charge >= 0.3 is 12.1 Å². The number of rotatable bonds is 10. The topological polar surface area (TPSA) is 84.9 Å². The lowest BCUT2D eigenvalue weighted by Crippen LogP contribution is -2.34. The minimum Gasteiger partial charge on any atom is -0.481 e. The molecule has 130 valence electrons. The van der Waals surface area contributed by atoms with Crippen LogP contribution in [0.1, 0.15) is 53.9 Å². The molecule has 0 saturated heterocycles. The highest BCUT2D eigenvalue weighted by molar-refractivity contribution is 5.68. The van der Waals surface area contributed by atoms with Crippen LogP contribution in [0.3, 0.4) is 0 Å². The van der Waals surface area contributed by atoms with Gasteiger partial charge in [-0.2, -0.15) is 0 Å². The lowest BCUT2D eigenvalue weighted by Gasteiger charge is -2.21. The Kier molecular flexibility index (Phi) is 9.81. The number of ether oxygens (including phenoxy) is 2. The Bertz CT molecular complexity index is 338. The Morgan fingerprint density at radius 1 is 1.23 bits per heavy atom. The molecule has 0 saturated carbocycles. The van der Waals surface area contributed by atoms with Crippen LogP contribution in [0.15, 0.2) is 0 Å². The summed E-state index contributed by atoms with van der Waals surface area (Å²) in [6.07, 6.45) is 1.13. The van der Waals surface area contributed by atoms with Gasteiger partial charge in [0.25, 0.3) is 0 Å². The lowest BCUT2D eigenvalue weighted by molar-refractivity contribution is -0.138. The van der Waals surface area contributed by atoms with Crippen molar-refractivity contribution in [2.75, 3.05) is 19.8 Å². The van der Waals surface area contributed by atoms with Crippen molar-refractivity contribution in [3.63, 3.8) is 0 Å². The van der Waals surface area contributed by atoms with Crippen LogP contribution in [0, 0.1) is 11.8 Å². The summed E-state index contributed by atoms with van der Waals surface area (Å²) in [4.78, 5) is 22.4. The molecule has 0 aliphatic carbocycles. The zero-order chi connectivity index (χ0) is 17.2. The van der Waals surface area contributed by atoms with E-state index in [4.69, 9.17) is 14.6 Å². The van der Waals surface area contributed by atoms with Gasteiger partial charge < -0.3 is 19.9 Å². The maximum absolute atomic E-state index is 11.5. The van der Waals surface area contributed by atoms with Crippen molar-refractivity contribution in [2.24, 2.45) is 11.8 Å². The molecule has 0 aromatic rings. The third kappa shape index (κ3) is 12.4. The van der Waals surface area contributed by atoms with Crippen LogP contribution in [0.4, 0.5) is 4.79 Å². The van der Waals surface area contributed by atoms with Gasteiger partial charge in [-0.3, -0.25) is 4.79 Å². The number of hydrogen-bond acceptors (Lipinski definition) is 4. The predicted molar refractivity (Wildman–Crippen MR) is 84.9 cm³/mol. The van der Waals surface area contributed by atoms with Crippen molar-refractivity contribution in [2.45, 2.75) is 59.5 Å². The quantitative estimate of drug-likeness (QED) is 0.647. The Labute approximate surface area is 133 Å². The summed E-state index contributed by atoms with van der Waals surface area (Å²) in [6, 6.07) is 0. The number of carbonyl (C=O) groups excluding carboxylic acids is 1. The van der Waals surface area contributed by atoms with E-state index in [-0.39, 0.29) is 12.3 Å². The zero-order valence-electron chi connectivity index (χ0n) is 14.5. The van der Waals surface area contributed by atoms with Crippen molar-refractivity contribution in [3.05, 3.63) is 0 Å². The van der Waals surface area contributed by atoms with E-state index in [2.05, 4.69) is 19.2 Å². The summed E-state index contributed by atoms with van der Waals surface area (Å²) >= 11 is 0. The van der Waals surface area contributed by atoms with E-state index in [1.807, 2.05) is 0 Å². The van der Waals surface area contributed by atoms with Crippen LogP contribution in [0.2, 0.25) is 0 Å². The molecule has 2 atom stereocenters. The van der Waals surface area contributed by atoms with Crippen LogP contribution in [0.25, 0.3) is 0 Å². The molecule has 0 aliphatic rings. The third-order valence-corrected chi connectivity index (χ3v) is 3.14. The molecule has 6 nitrogen and oxygen atoms in total. The predicted octanol–water partition coefficient (Wildman–Crippen LogP) is 3.05. The summed E-state index contributed by atoms with van der Waals surface area (Å²) < 4.78 is 10.7. The summed E-state index contributed by atoms with van der Waals surface area (Å²) in [5, 5.41) is 11.6. The van der Waals surface area contributed by atoms with E-state index in [0.29, 0.717) is 32.1 Å². The Hall–Kier alpha value is -1.30. The van der Waals surface area contributed by atoms with Crippen LogP contribution in [-0.4, -0.2) is 42.5 Å². The molecule has 0 bridgehead atoms. The van der Waals surface area contributed by atoms with E-state index >= 15 is 0 Å². The van der Waals surface area contributed by atoms with Gasteiger partial charge in [-0.1, -0.05) is 20.3 Å². The highest BCUT2D eigenvalue weighted by Crippen LogP contribution is 2.11. The Morgan fingerprint density at radius 3 is 2.36 bits per heavy atom. The number of hydrogen-bond donors (Lipinski definition) is 2. The first-order valence-corrected chi connectivity index (χ1v) is 7.90. The van der Waals surface area contributed by atoms with E-state index < -0.39 is 17.7 Å². The fourth-order valence-corrected chi connectivity index (χ4v) is 1.74. The summed E-state index contributed by atoms with van der Waals surface area (Å²) in [5.74, 6) is -0.503. The second kappa shape index (κ2) is 10.4. The Morgan fingerprint density at radius 2 is 1.86 bits per heavy atom. The molecule has 0 heterocycles. The SMILES string of the molecule is CC[C@H](C)COC[C@H](CCNC(=O)OC(C)(C)C)CC(=O)O. The van der Waals surface area contributed by atoms with Crippen LogP contribution >= 0.6 is 0 Å². The van der Waals surface area contributed by atoms with Crippen LogP contribution in [0.5, 0.6) is 0 Å². The minimum absolute atomic E-state index is 0.0382. The smallest absolute Gasteiger partial charge is 0.407 e. The number of amides is 1. The normalized spacial score (nSPS) is 14.2. The van der Waals surface area contributed by atoms with Crippen molar-refractivity contribution >= 4 is 12.1 Å². The average Bonchev–Trinajstić information content (AvgIpc) is 2.35. The fourth-order valence-electron chi connectivity index (χ4n) is 1.74. The molecular formula is C16H31NO5. The number of carbonyl (C=O) groups is 2. The van der Waals surface area contributed by atoms with Gasteiger partial charge in [-0.25, -0.2) is 4.79 Å². The first-order chi connectivity index (χ1) is 10.1. The van der Waals surface area contributed by atoms with Crippen molar-refractivity contribution < 1.29 is 24.2 Å². The number of nitrogens with one attached hydrogen (secondary N) is 1. The van der Waals surface area contributed by atoms with Gasteiger partial charge in [0.05, 0.1) is 13.0 Å². The molecule has 2 N–H and O–H groups in total. The zero-order valence-corrected chi connectivity index (χ0v) is 14.5. The summed E-state index contributed by atoms with van der Waals surface area (Å²) in [5.41, 5.74) is -0.538. The molecule has 6 heteroatoms. The highest BCUT2D eigenvalue weighted by atomic mass is 16.6. The second-order valence-corrected chi connectivity index (χ2v) is 6.73. The minimum atomic E-state index is -0.852. The molecule has 0 aromatic heterocycles. The Balaban J connectivity index is 4.08. The van der Waals surface area contributed by atoms with Gasteiger partial charge in [0.15, 0.2) is 0 Å². The van der Waals surface area contributed by atoms with Crippen molar-refractivity contribution in [1.29, 1.82) is 0 Å². The molecule has 0 fully saturated rings. The monoisotopic (exact) mass is 317 g/mol.